The summed E-state index contributed by atoms with van der Waals surface area (Å²) in [6.45, 7) is 6.10. The molecule has 0 saturated heterocycles. The van der Waals surface area contributed by atoms with Gasteiger partial charge in [0.15, 0.2) is 5.79 Å². The van der Waals surface area contributed by atoms with Gasteiger partial charge in [0.25, 0.3) is 0 Å². The summed E-state index contributed by atoms with van der Waals surface area (Å²) in [7, 11) is 0. The minimum absolute atomic E-state index is 0.0269. The Labute approximate surface area is 196 Å². The molecule has 0 spiro atoms. The molecule has 0 bridgehead atoms. The van der Waals surface area contributed by atoms with Crippen LogP contribution in [0.1, 0.15) is 51.2 Å². The lowest BCUT2D eigenvalue weighted by molar-refractivity contribution is -0.185. The Morgan fingerprint density at radius 3 is 2.09 bits per heavy atom. The standard InChI is InChI=1S/C26H36N2O5/c1-25(2,3)16-10-15-22(26(31,32)17-20-11-6-4-7-12-20)28-23(29)18-27-24(30)33-19-21-13-8-5-9-14-21/h4-9,11-14,22,31-32H,10,15-19H2,1-3H3,(H,27,30)(H,28,29)/t22-/m0/s1. The van der Waals surface area contributed by atoms with E-state index in [0.29, 0.717) is 12.8 Å². The number of alkyl carbamates (subject to hydrolysis) is 1. The van der Waals surface area contributed by atoms with E-state index in [1.807, 2.05) is 48.5 Å². The number of hydrogen-bond donors (Lipinski definition) is 4. The van der Waals surface area contributed by atoms with Crippen LogP contribution in [-0.4, -0.2) is 40.6 Å². The zero-order valence-electron chi connectivity index (χ0n) is 19.7. The topological polar surface area (TPSA) is 108 Å². The third kappa shape index (κ3) is 10.5. The number of amides is 2. The summed E-state index contributed by atoms with van der Waals surface area (Å²) in [5.41, 5.74) is 1.67. The number of aliphatic hydroxyl groups is 2. The minimum atomic E-state index is -2.14. The van der Waals surface area contributed by atoms with Gasteiger partial charge in [-0.25, -0.2) is 4.79 Å². The number of nitrogens with one attached hydrogen (secondary N) is 2. The van der Waals surface area contributed by atoms with Gasteiger partial charge < -0.3 is 25.6 Å². The van der Waals surface area contributed by atoms with E-state index in [9.17, 15) is 19.8 Å². The highest BCUT2D eigenvalue weighted by Gasteiger charge is 2.35. The first kappa shape index (κ1) is 26.4. The van der Waals surface area contributed by atoms with Crippen molar-refractivity contribution < 1.29 is 24.5 Å². The first-order valence-corrected chi connectivity index (χ1v) is 11.3. The lowest BCUT2D eigenvalue weighted by Gasteiger charge is -2.33. The molecule has 0 aliphatic heterocycles. The first-order chi connectivity index (χ1) is 15.5. The molecule has 180 valence electrons. The highest BCUT2D eigenvalue weighted by atomic mass is 16.5. The predicted octanol–water partition coefficient (Wildman–Crippen LogP) is 3.54. The molecular weight excluding hydrogens is 420 g/mol. The van der Waals surface area contributed by atoms with Crippen molar-refractivity contribution in [1.29, 1.82) is 0 Å². The molecule has 2 rings (SSSR count). The Bertz CT molecular complexity index is 863. The van der Waals surface area contributed by atoms with Crippen molar-refractivity contribution in [3.8, 4) is 0 Å². The molecule has 7 nitrogen and oxygen atoms in total. The van der Waals surface area contributed by atoms with Crippen molar-refractivity contribution in [3.05, 3.63) is 71.8 Å². The molecular formula is C26H36N2O5. The van der Waals surface area contributed by atoms with E-state index >= 15 is 0 Å². The van der Waals surface area contributed by atoms with Gasteiger partial charge >= 0.3 is 6.09 Å². The maximum absolute atomic E-state index is 12.5. The summed E-state index contributed by atoms with van der Waals surface area (Å²) in [6.07, 6.45) is 1.22. The Balaban J connectivity index is 1.91. The summed E-state index contributed by atoms with van der Waals surface area (Å²) in [5.74, 6) is -2.66. The largest absolute Gasteiger partial charge is 0.445 e. The fraction of sp³-hybridized carbons (Fsp3) is 0.462. The Morgan fingerprint density at radius 2 is 1.52 bits per heavy atom. The SMILES string of the molecule is CC(C)(C)CCC[C@H](NC(=O)CNC(=O)OCc1ccccc1)C(O)(O)Cc1ccccc1. The smallest absolute Gasteiger partial charge is 0.407 e. The van der Waals surface area contributed by atoms with Crippen LogP contribution in [0.4, 0.5) is 4.79 Å². The van der Waals surface area contributed by atoms with Crippen molar-refractivity contribution in [3.63, 3.8) is 0 Å². The van der Waals surface area contributed by atoms with Crippen molar-refractivity contribution in [1.82, 2.24) is 10.6 Å². The van der Waals surface area contributed by atoms with E-state index in [4.69, 9.17) is 4.74 Å². The van der Waals surface area contributed by atoms with E-state index in [1.54, 1.807) is 12.1 Å². The number of rotatable bonds is 11. The highest BCUT2D eigenvalue weighted by molar-refractivity contribution is 5.82. The Hall–Kier alpha value is -2.90. The molecule has 0 aliphatic carbocycles. The number of carbonyl (C=O) groups is 2. The van der Waals surface area contributed by atoms with Crippen molar-refractivity contribution in [2.45, 2.75) is 64.9 Å². The van der Waals surface area contributed by atoms with Crippen LogP contribution in [0.2, 0.25) is 0 Å². The van der Waals surface area contributed by atoms with Gasteiger partial charge in [-0.2, -0.15) is 0 Å². The number of ether oxygens (including phenoxy) is 1. The normalized spacial score (nSPS) is 12.6. The summed E-state index contributed by atoms with van der Waals surface area (Å²) in [5, 5.41) is 26.7. The molecule has 0 unspecified atom stereocenters. The molecule has 2 aromatic carbocycles. The third-order valence-corrected chi connectivity index (χ3v) is 5.23. The molecule has 0 heterocycles. The van der Waals surface area contributed by atoms with E-state index in [1.165, 1.54) is 0 Å². The van der Waals surface area contributed by atoms with Gasteiger partial charge in [0.1, 0.15) is 13.2 Å². The van der Waals surface area contributed by atoms with E-state index in [-0.39, 0.29) is 25.0 Å². The van der Waals surface area contributed by atoms with Gasteiger partial charge in [0.05, 0.1) is 6.04 Å². The molecule has 0 fully saturated rings. The van der Waals surface area contributed by atoms with E-state index < -0.39 is 23.8 Å². The maximum Gasteiger partial charge on any atom is 0.407 e. The lowest BCUT2D eigenvalue weighted by atomic mass is 9.87. The number of carbonyl (C=O) groups excluding carboxylic acids is 2. The molecule has 1 atom stereocenters. The predicted molar refractivity (Wildman–Crippen MR) is 127 cm³/mol. The van der Waals surface area contributed by atoms with Gasteiger partial charge in [-0.05, 0) is 29.4 Å². The second-order valence-electron chi connectivity index (χ2n) is 9.53. The summed E-state index contributed by atoms with van der Waals surface area (Å²) in [6, 6.07) is 17.4. The molecule has 0 aromatic heterocycles. The van der Waals surface area contributed by atoms with Crippen LogP contribution < -0.4 is 10.6 Å². The Kier molecular flexibility index (Phi) is 9.88. The number of hydrogen-bond acceptors (Lipinski definition) is 5. The summed E-state index contributed by atoms with van der Waals surface area (Å²) in [4.78, 5) is 24.4. The van der Waals surface area contributed by atoms with Gasteiger partial charge in [0.2, 0.25) is 5.91 Å². The molecule has 2 amide bonds. The number of benzene rings is 2. The van der Waals surface area contributed by atoms with Crippen LogP contribution in [-0.2, 0) is 22.6 Å². The average molecular weight is 457 g/mol. The molecule has 0 saturated carbocycles. The quantitative estimate of drug-likeness (QED) is 0.387. The van der Waals surface area contributed by atoms with E-state index in [2.05, 4.69) is 31.4 Å². The van der Waals surface area contributed by atoms with Gasteiger partial charge in [-0.1, -0.05) is 87.9 Å². The fourth-order valence-corrected chi connectivity index (χ4v) is 3.45. The summed E-state index contributed by atoms with van der Waals surface area (Å²) >= 11 is 0. The fourth-order valence-electron chi connectivity index (χ4n) is 3.45. The molecule has 4 N–H and O–H groups in total. The van der Waals surface area contributed by atoms with Gasteiger partial charge in [-0.3, -0.25) is 4.79 Å². The monoisotopic (exact) mass is 456 g/mol. The second-order valence-corrected chi connectivity index (χ2v) is 9.53. The first-order valence-electron chi connectivity index (χ1n) is 11.3. The summed E-state index contributed by atoms with van der Waals surface area (Å²) < 4.78 is 5.10. The van der Waals surface area contributed by atoms with Crippen molar-refractivity contribution in [2.75, 3.05) is 6.54 Å². The van der Waals surface area contributed by atoms with E-state index in [0.717, 1.165) is 17.5 Å². The maximum atomic E-state index is 12.5. The third-order valence-electron chi connectivity index (χ3n) is 5.23. The van der Waals surface area contributed by atoms with Gasteiger partial charge in [0, 0.05) is 6.42 Å². The van der Waals surface area contributed by atoms with Gasteiger partial charge in [-0.15, -0.1) is 0 Å². The molecule has 0 aliphatic rings. The molecule has 33 heavy (non-hydrogen) atoms. The molecule has 2 aromatic rings. The van der Waals surface area contributed by atoms with Crippen LogP contribution in [0, 0.1) is 5.41 Å². The zero-order chi connectivity index (χ0) is 24.3. The molecule has 0 radical (unpaired) electrons. The highest BCUT2D eigenvalue weighted by Crippen LogP contribution is 2.25. The van der Waals surface area contributed by atoms with Crippen molar-refractivity contribution >= 4 is 12.0 Å². The minimum Gasteiger partial charge on any atom is -0.445 e. The van der Waals surface area contributed by atoms with Crippen LogP contribution in [0.3, 0.4) is 0 Å². The Morgan fingerprint density at radius 1 is 0.939 bits per heavy atom. The van der Waals surface area contributed by atoms with Crippen LogP contribution in [0.25, 0.3) is 0 Å². The zero-order valence-corrected chi connectivity index (χ0v) is 19.7. The lowest BCUT2D eigenvalue weighted by Crippen LogP contribution is -2.55. The van der Waals surface area contributed by atoms with Crippen LogP contribution >= 0.6 is 0 Å². The van der Waals surface area contributed by atoms with Crippen LogP contribution in [0.15, 0.2) is 60.7 Å². The second kappa shape index (κ2) is 12.4. The van der Waals surface area contributed by atoms with Crippen LogP contribution in [0.5, 0.6) is 0 Å². The molecule has 7 heteroatoms. The average Bonchev–Trinajstić information content (AvgIpc) is 2.76. The van der Waals surface area contributed by atoms with Crippen molar-refractivity contribution in [2.24, 2.45) is 5.41 Å².